The Labute approximate surface area is 123 Å². The Balaban J connectivity index is 4.95. The maximum absolute atomic E-state index is 12.6. The second-order valence-corrected chi connectivity index (χ2v) is 6.59. The molecule has 0 radical (unpaired) electrons. The minimum Gasteiger partial charge on any atom is -0.392 e. The van der Waals surface area contributed by atoms with Gasteiger partial charge in [0, 0.05) is 6.54 Å². The summed E-state index contributed by atoms with van der Waals surface area (Å²) in [4.78, 5) is 12.9. The lowest BCUT2D eigenvalue weighted by molar-refractivity contribution is -0.128. The van der Waals surface area contributed by atoms with Gasteiger partial charge in [0.25, 0.3) is 0 Å². The summed E-state index contributed by atoms with van der Waals surface area (Å²) >= 11 is 5.19. The molecule has 0 spiro atoms. The summed E-state index contributed by atoms with van der Waals surface area (Å²) in [5.74, 6) is 0.00484. The lowest BCUT2D eigenvalue weighted by Gasteiger charge is -2.33. The Kier molecular flexibility index (Phi) is 7.57. The molecule has 0 atom stereocenters. The number of nitrogens with two attached hydrogens (primary N) is 1. The van der Waals surface area contributed by atoms with Crippen LogP contribution in [0.25, 0.3) is 0 Å². The van der Waals surface area contributed by atoms with Gasteiger partial charge in [-0.2, -0.15) is 0 Å². The van der Waals surface area contributed by atoms with Crippen molar-refractivity contribution in [2.75, 3.05) is 6.54 Å². The molecule has 3 nitrogen and oxygen atoms in total. The predicted molar refractivity (Wildman–Crippen MR) is 86.1 cm³/mol. The van der Waals surface area contributed by atoms with Gasteiger partial charge in [0.05, 0.1) is 10.4 Å². The van der Waals surface area contributed by atoms with Crippen molar-refractivity contribution in [2.45, 2.75) is 66.7 Å². The van der Waals surface area contributed by atoms with E-state index >= 15 is 0 Å². The highest BCUT2D eigenvalue weighted by Gasteiger charge is 2.40. The molecule has 0 fully saturated rings. The van der Waals surface area contributed by atoms with Crippen LogP contribution in [0.15, 0.2) is 0 Å². The Morgan fingerprint density at radius 3 is 1.95 bits per heavy atom. The van der Waals surface area contributed by atoms with Crippen LogP contribution in [0.3, 0.4) is 0 Å². The summed E-state index contributed by atoms with van der Waals surface area (Å²) in [7, 11) is 0. The second kappa shape index (κ2) is 7.83. The molecule has 19 heavy (non-hydrogen) atoms. The second-order valence-electron chi connectivity index (χ2n) is 6.15. The first kappa shape index (κ1) is 18.4. The van der Waals surface area contributed by atoms with Crippen molar-refractivity contribution in [3.8, 4) is 0 Å². The van der Waals surface area contributed by atoms with Crippen molar-refractivity contribution in [1.29, 1.82) is 0 Å². The fraction of sp³-hybridized carbons (Fsp3) is 0.867. The van der Waals surface area contributed by atoms with E-state index in [0.717, 1.165) is 32.1 Å². The van der Waals surface area contributed by atoms with Crippen LogP contribution in [0, 0.1) is 10.8 Å². The number of nitrogens with one attached hydrogen (secondary N) is 1. The third kappa shape index (κ3) is 5.09. The van der Waals surface area contributed by atoms with E-state index < -0.39 is 5.41 Å². The lowest BCUT2D eigenvalue weighted by atomic mass is 9.77. The van der Waals surface area contributed by atoms with E-state index in [0.29, 0.717) is 11.5 Å². The topological polar surface area (TPSA) is 55.1 Å². The third-order valence-electron chi connectivity index (χ3n) is 3.94. The van der Waals surface area contributed by atoms with Gasteiger partial charge in [-0.1, -0.05) is 59.7 Å². The highest BCUT2D eigenvalue weighted by atomic mass is 32.1. The Morgan fingerprint density at radius 1 is 1.16 bits per heavy atom. The van der Waals surface area contributed by atoms with E-state index in [9.17, 15) is 4.79 Å². The first-order valence-electron chi connectivity index (χ1n) is 7.34. The average molecular weight is 286 g/mol. The number of thiocarbonyl (C=S) groups is 1. The molecule has 0 aliphatic rings. The SMILES string of the molecule is CCCC(CCC)(C(=O)NCC(C)(C)CC)C(N)=S. The van der Waals surface area contributed by atoms with Gasteiger partial charge in [0.15, 0.2) is 0 Å². The van der Waals surface area contributed by atoms with Gasteiger partial charge in [-0.3, -0.25) is 4.79 Å². The molecular weight excluding hydrogens is 256 g/mol. The monoisotopic (exact) mass is 286 g/mol. The quantitative estimate of drug-likeness (QED) is 0.639. The molecule has 0 saturated heterocycles. The molecule has 0 heterocycles. The van der Waals surface area contributed by atoms with Crippen LogP contribution in [-0.2, 0) is 4.79 Å². The molecule has 0 bridgehead atoms. The molecule has 0 aromatic rings. The van der Waals surface area contributed by atoms with Gasteiger partial charge < -0.3 is 11.1 Å². The smallest absolute Gasteiger partial charge is 0.233 e. The highest BCUT2D eigenvalue weighted by Crippen LogP contribution is 2.31. The number of hydrogen-bond donors (Lipinski definition) is 2. The fourth-order valence-electron chi connectivity index (χ4n) is 2.18. The summed E-state index contributed by atoms with van der Waals surface area (Å²) < 4.78 is 0. The minimum absolute atomic E-state index is 0.00484. The van der Waals surface area contributed by atoms with Gasteiger partial charge >= 0.3 is 0 Å². The van der Waals surface area contributed by atoms with Crippen molar-refractivity contribution in [3.05, 3.63) is 0 Å². The van der Waals surface area contributed by atoms with E-state index in [1.807, 2.05) is 0 Å². The first-order valence-corrected chi connectivity index (χ1v) is 7.74. The van der Waals surface area contributed by atoms with Crippen LogP contribution in [0.1, 0.15) is 66.7 Å². The fourth-order valence-corrected chi connectivity index (χ4v) is 2.47. The van der Waals surface area contributed by atoms with Crippen molar-refractivity contribution >= 4 is 23.1 Å². The van der Waals surface area contributed by atoms with Crippen LogP contribution in [0.5, 0.6) is 0 Å². The minimum atomic E-state index is -0.664. The average Bonchev–Trinajstić information content (AvgIpc) is 2.35. The van der Waals surface area contributed by atoms with Gasteiger partial charge in [-0.05, 0) is 24.7 Å². The molecule has 0 rings (SSSR count). The lowest BCUT2D eigenvalue weighted by Crippen LogP contribution is -2.50. The maximum Gasteiger partial charge on any atom is 0.233 e. The Bertz CT molecular complexity index is 307. The molecule has 0 unspecified atom stereocenters. The normalized spacial score (nSPS) is 12.3. The molecule has 0 aliphatic carbocycles. The summed E-state index contributed by atoms with van der Waals surface area (Å²) in [6.45, 7) is 11.2. The zero-order valence-electron chi connectivity index (χ0n) is 13.1. The van der Waals surface area contributed by atoms with Crippen LogP contribution in [0.2, 0.25) is 0 Å². The van der Waals surface area contributed by atoms with Crippen molar-refractivity contribution in [3.63, 3.8) is 0 Å². The largest absolute Gasteiger partial charge is 0.392 e. The summed E-state index contributed by atoms with van der Waals surface area (Å²) in [6.07, 6.45) is 4.29. The molecule has 0 aromatic carbocycles. The molecule has 0 saturated carbocycles. The Hall–Kier alpha value is -0.640. The zero-order chi connectivity index (χ0) is 15.1. The standard InChI is InChI=1S/C15H30N2OS/c1-6-9-15(10-7-2,12(16)19)13(18)17-11-14(4,5)8-3/h6-11H2,1-5H3,(H2,16,19)(H,17,18). The summed E-state index contributed by atoms with van der Waals surface area (Å²) in [5, 5.41) is 3.06. The zero-order valence-corrected chi connectivity index (χ0v) is 14.0. The first-order chi connectivity index (χ1) is 8.75. The predicted octanol–water partition coefficient (Wildman–Crippen LogP) is 3.41. The van der Waals surface area contributed by atoms with Crippen LogP contribution < -0.4 is 11.1 Å². The molecule has 112 valence electrons. The maximum atomic E-state index is 12.6. The van der Waals surface area contributed by atoms with E-state index in [1.54, 1.807) is 0 Å². The van der Waals surface area contributed by atoms with Gasteiger partial charge in [-0.25, -0.2) is 0 Å². The molecule has 0 aliphatic heterocycles. The van der Waals surface area contributed by atoms with Gasteiger partial charge in [0.2, 0.25) is 5.91 Å². The number of amides is 1. The molecule has 0 aromatic heterocycles. The highest BCUT2D eigenvalue weighted by molar-refractivity contribution is 7.80. The van der Waals surface area contributed by atoms with Crippen molar-refractivity contribution < 1.29 is 4.79 Å². The van der Waals surface area contributed by atoms with E-state index in [1.165, 1.54) is 0 Å². The molecule has 3 N–H and O–H groups in total. The number of hydrogen-bond acceptors (Lipinski definition) is 2. The van der Waals surface area contributed by atoms with Crippen molar-refractivity contribution in [1.82, 2.24) is 5.32 Å². The number of carbonyl (C=O) groups excluding carboxylic acids is 1. The van der Waals surface area contributed by atoms with E-state index in [-0.39, 0.29) is 11.3 Å². The molecule has 4 heteroatoms. The van der Waals surface area contributed by atoms with Crippen LogP contribution in [-0.4, -0.2) is 17.4 Å². The van der Waals surface area contributed by atoms with Crippen molar-refractivity contribution in [2.24, 2.45) is 16.6 Å². The third-order valence-corrected chi connectivity index (χ3v) is 4.34. The molecule has 1 amide bonds. The van der Waals surface area contributed by atoms with Crippen LogP contribution >= 0.6 is 12.2 Å². The molecular formula is C15H30N2OS. The summed E-state index contributed by atoms with van der Waals surface area (Å²) in [5.41, 5.74) is 5.33. The Morgan fingerprint density at radius 2 is 1.63 bits per heavy atom. The van der Waals surface area contributed by atoms with Crippen LogP contribution in [0.4, 0.5) is 0 Å². The van der Waals surface area contributed by atoms with Gasteiger partial charge in [-0.15, -0.1) is 0 Å². The van der Waals surface area contributed by atoms with E-state index in [4.69, 9.17) is 18.0 Å². The summed E-state index contributed by atoms with van der Waals surface area (Å²) in [6, 6.07) is 0. The van der Waals surface area contributed by atoms with Gasteiger partial charge in [0.1, 0.15) is 0 Å². The number of rotatable bonds is 9. The number of carbonyl (C=O) groups is 1. The van der Waals surface area contributed by atoms with E-state index in [2.05, 4.69) is 39.9 Å².